The maximum atomic E-state index is 12.4. The largest absolute Gasteiger partial charge is 0.408 e. The van der Waals surface area contributed by atoms with E-state index < -0.39 is 10.0 Å². The molecule has 5 nitrogen and oxygen atoms in total. The van der Waals surface area contributed by atoms with Gasteiger partial charge < -0.3 is 4.84 Å². The second kappa shape index (κ2) is 7.55. The molecule has 0 aliphatic carbocycles. The van der Waals surface area contributed by atoms with Crippen molar-refractivity contribution in [1.82, 2.24) is 4.73 Å². The first-order valence-electron chi connectivity index (χ1n) is 7.46. The lowest BCUT2D eigenvalue weighted by atomic mass is 10.2. The molecule has 0 N–H and O–H groups in total. The van der Waals surface area contributed by atoms with E-state index in [0.717, 1.165) is 5.56 Å². The molecule has 0 aliphatic rings. The van der Waals surface area contributed by atoms with Crippen LogP contribution in [0, 0.1) is 0 Å². The van der Waals surface area contributed by atoms with Gasteiger partial charge in [-0.1, -0.05) is 48.0 Å². The van der Waals surface area contributed by atoms with Crippen LogP contribution in [0.25, 0.3) is 0 Å². The standard InChI is InChI=1S/C18H15ClN2O3S/c19-16-11-9-15(10-12-16)14-24-21-13-5-4-8-18(21)20-25(22,23)17-6-2-1-3-7-17/h1-13H,14H2. The van der Waals surface area contributed by atoms with E-state index >= 15 is 0 Å². The molecule has 2 aromatic carbocycles. The van der Waals surface area contributed by atoms with E-state index in [0.29, 0.717) is 5.02 Å². The first-order chi connectivity index (χ1) is 12.0. The summed E-state index contributed by atoms with van der Waals surface area (Å²) >= 11 is 5.86. The van der Waals surface area contributed by atoms with E-state index in [1.54, 1.807) is 54.7 Å². The first-order valence-corrected chi connectivity index (χ1v) is 9.28. The lowest BCUT2D eigenvalue weighted by molar-refractivity contribution is 0.0877. The number of aromatic nitrogens is 1. The summed E-state index contributed by atoms with van der Waals surface area (Å²) in [7, 11) is -3.82. The number of sulfonamides is 1. The molecule has 0 spiro atoms. The molecule has 128 valence electrons. The average molecular weight is 375 g/mol. The van der Waals surface area contributed by atoms with Crippen LogP contribution in [0.5, 0.6) is 0 Å². The summed E-state index contributed by atoms with van der Waals surface area (Å²) in [4.78, 5) is 5.79. The number of benzene rings is 2. The molecular formula is C18H15ClN2O3S. The average Bonchev–Trinajstić information content (AvgIpc) is 2.63. The van der Waals surface area contributed by atoms with E-state index in [-0.39, 0.29) is 17.0 Å². The minimum atomic E-state index is -3.82. The Morgan fingerprint density at radius 1 is 0.920 bits per heavy atom. The van der Waals surface area contributed by atoms with Crippen molar-refractivity contribution in [2.24, 2.45) is 4.40 Å². The van der Waals surface area contributed by atoms with Crippen LogP contribution in [-0.4, -0.2) is 13.1 Å². The molecule has 0 saturated heterocycles. The second-order valence-electron chi connectivity index (χ2n) is 5.16. The third-order valence-corrected chi connectivity index (χ3v) is 4.89. The monoisotopic (exact) mass is 374 g/mol. The van der Waals surface area contributed by atoms with Crippen LogP contribution in [0.1, 0.15) is 5.56 Å². The maximum absolute atomic E-state index is 12.4. The highest BCUT2D eigenvalue weighted by atomic mass is 35.5. The Morgan fingerprint density at radius 3 is 2.32 bits per heavy atom. The van der Waals surface area contributed by atoms with Crippen molar-refractivity contribution in [3.63, 3.8) is 0 Å². The molecule has 25 heavy (non-hydrogen) atoms. The van der Waals surface area contributed by atoms with Crippen molar-refractivity contribution in [2.45, 2.75) is 11.5 Å². The zero-order valence-corrected chi connectivity index (χ0v) is 14.7. The van der Waals surface area contributed by atoms with Gasteiger partial charge in [-0.05, 0) is 42.0 Å². The third-order valence-electron chi connectivity index (χ3n) is 3.34. The lowest BCUT2D eigenvalue weighted by Crippen LogP contribution is -2.27. The number of hydrogen-bond donors (Lipinski definition) is 0. The van der Waals surface area contributed by atoms with Crippen LogP contribution in [0.2, 0.25) is 5.02 Å². The molecule has 0 amide bonds. The molecule has 0 radical (unpaired) electrons. The summed E-state index contributed by atoms with van der Waals surface area (Å²) in [6.45, 7) is 0.250. The van der Waals surface area contributed by atoms with Crippen molar-refractivity contribution < 1.29 is 13.3 Å². The predicted octanol–water partition coefficient (Wildman–Crippen LogP) is 3.06. The Kier molecular flexibility index (Phi) is 5.21. The molecule has 0 unspecified atom stereocenters. The minimum absolute atomic E-state index is 0.128. The minimum Gasteiger partial charge on any atom is -0.408 e. The van der Waals surface area contributed by atoms with Gasteiger partial charge in [0, 0.05) is 11.2 Å². The van der Waals surface area contributed by atoms with Crippen LogP contribution < -0.4 is 10.3 Å². The van der Waals surface area contributed by atoms with Gasteiger partial charge in [-0.25, -0.2) is 0 Å². The fourth-order valence-electron chi connectivity index (χ4n) is 2.09. The van der Waals surface area contributed by atoms with E-state index in [2.05, 4.69) is 4.40 Å². The number of hydrogen-bond acceptors (Lipinski definition) is 3. The highest BCUT2D eigenvalue weighted by Gasteiger charge is 2.11. The maximum Gasteiger partial charge on any atom is 0.284 e. The molecule has 0 bridgehead atoms. The van der Waals surface area contributed by atoms with E-state index in [9.17, 15) is 8.42 Å². The van der Waals surface area contributed by atoms with Gasteiger partial charge in [-0.15, -0.1) is 4.40 Å². The fraction of sp³-hybridized carbons (Fsp3) is 0.0556. The Balaban J connectivity index is 1.89. The Bertz CT molecular complexity index is 1010. The van der Waals surface area contributed by atoms with Gasteiger partial charge in [-0.2, -0.15) is 13.1 Å². The van der Waals surface area contributed by atoms with Crippen molar-refractivity contribution in [2.75, 3.05) is 0 Å². The van der Waals surface area contributed by atoms with Gasteiger partial charge >= 0.3 is 0 Å². The van der Waals surface area contributed by atoms with Crippen LogP contribution in [0.15, 0.2) is 88.3 Å². The van der Waals surface area contributed by atoms with E-state index in [1.165, 1.54) is 16.9 Å². The number of rotatable bonds is 5. The highest BCUT2D eigenvalue weighted by molar-refractivity contribution is 7.90. The van der Waals surface area contributed by atoms with Crippen molar-refractivity contribution in [3.8, 4) is 0 Å². The molecule has 0 aliphatic heterocycles. The van der Waals surface area contributed by atoms with Crippen molar-refractivity contribution in [3.05, 3.63) is 95.1 Å². The second-order valence-corrected chi connectivity index (χ2v) is 7.20. The molecule has 7 heteroatoms. The SMILES string of the molecule is O=S(=O)(N=c1ccccn1OCc1ccc(Cl)cc1)c1ccccc1. The number of nitrogens with zero attached hydrogens (tertiary/aromatic N) is 2. The molecule has 1 heterocycles. The molecule has 0 fully saturated rings. The fourth-order valence-corrected chi connectivity index (χ4v) is 3.21. The molecule has 3 aromatic rings. The van der Waals surface area contributed by atoms with Gasteiger partial charge in [0.1, 0.15) is 6.61 Å². The summed E-state index contributed by atoms with van der Waals surface area (Å²) in [6, 6.07) is 20.3. The molecule has 0 saturated carbocycles. The van der Waals surface area contributed by atoms with E-state index in [1.807, 2.05) is 12.1 Å². The van der Waals surface area contributed by atoms with Gasteiger partial charge in [0.2, 0.25) is 0 Å². The van der Waals surface area contributed by atoms with Gasteiger partial charge in [0.05, 0.1) is 4.90 Å². The third kappa shape index (κ3) is 4.49. The molecule has 1 aromatic heterocycles. The number of pyridine rings is 1. The zero-order chi connectivity index (χ0) is 17.7. The molecule has 3 rings (SSSR count). The predicted molar refractivity (Wildman–Crippen MR) is 95.4 cm³/mol. The summed E-state index contributed by atoms with van der Waals surface area (Å²) < 4.78 is 30.0. The highest BCUT2D eigenvalue weighted by Crippen LogP contribution is 2.11. The van der Waals surface area contributed by atoms with Gasteiger partial charge in [0.15, 0.2) is 5.49 Å². The topological polar surface area (TPSA) is 60.7 Å². The Morgan fingerprint density at radius 2 is 1.60 bits per heavy atom. The van der Waals surface area contributed by atoms with Crippen molar-refractivity contribution in [1.29, 1.82) is 0 Å². The lowest BCUT2D eigenvalue weighted by Gasteiger charge is -2.09. The van der Waals surface area contributed by atoms with Crippen LogP contribution in [-0.2, 0) is 16.6 Å². The number of halogens is 1. The van der Waals surface area contributed by atoms with Crippen molar-refractivity contribution >= 4 is 21.6 Å². The van der Waals surface area contributed by atoms with Gasteiger partial charge in [0.25, 0.3) is 10.0 Å². The Hall–Kier alpha value is -2.57. The normalized spacial score (nSPS) is 12.1. The van der Waals surface area contributed by atoms with Crippen LogP contribution in [0.3, 0.4) is 0 Å². The summed E-state index contributed by atoms with van der Waals surface area (Å²) in [5.41, 5.74) is 1.08. The first kappa shape index (κ1) is 17.3. The summed E-state index contributed by atoms with van der Waals surface area (Å²) in [6.07, 6.45) is 1.61. The molecular weight excluding hydrogens is 360 g/mol. The molecule has 0 atom stereocenters. The summed E-state index contributed by atoms with van der Waals surface area (Å²) in [5.74, 6) is 0. The smallest absolute Gasteiger partial charge is 0.284 e. The summed E-state index contributed by atoms with van der Waals surface area (Å²) in [5, 5.41) is 0.640. The zero-order valence-electron chi connectivity index (χ0n) is 13.1. The quantitative estimate of drug-likeness (QED) is 0.689. The van der Waals surface area contributed by atoms with Gasteiger partial charge in [-0.3, -0.25) is 0 Å². The van der Waals surface area contributed by atoms with Crippen LogP contribution >= 0.6 is 11.6 Å². The van der Waals surface area contributed by atoms with E-state index in [4.69, 9.17) is 16.4 Å². The Labute approximate surface area is 150 Å². The van der Waals surface area contributed by atoms with Crippen LogP contribution in [0.4, 0.5) is 0 Å².